The van der Waals surface area contributed by atoms with Crippen LogP contribution in [-0.2, 0) is 0 Å². The van der Waals surface area contributed by atoms with E-state index in [1.54, 1.807) is 25.1 Å². The number of hydrogen-bond acceptors (Lipinski definition) is 3. The molecule has 2 N–H and O–H groups in total. The van der Waals surface area contributed by atoms with Crippen molar-refractivity contribution in [2.45, 2.75) is 6.92 Å². The van der Waals surface area contributed by atoms with Gasteiger partial charge in [-0.1, -0.05) is 6.07 Å². The van der Waals surface area contributed by atoms with Crippen LogP contribution in [0, 0.1) is 6.92 Å². The average Bonchev–Trinajstić information content (AvgIpc) is 2.76. The predicted octanol–water partition coefficient (Wildman–Crippen LogP) is 2.54. The number of carboxylic acid groups (broad SMARTS) is 1. The molecule has 0 unspecified atom stereocenters. The van der Waals surface area contributed by atoms with Crippen molar-refractivity contribution in [3.63, 3.8) is 0 Å². The van der Waals surface area contributed by atoms with Crippen molar-refractivity contribution < 1.29 is 19.1 Å². The van der Waals surface area contributed by atoms with Crippen LogP contribution in [0.2, 0.25) is 0 Å². The van der Waals surface area contributed by atoms with Crippen LogP contribution in [0.15, 0.2) is 41.0 Å². The molecule has 18 heavy (non-hydrogen) atoms. The highest BCUT2D eigenvalue weighted by Crippen LogP contribution is 2.14. The number of amides is 1. The van der Waals surface area contributed by atoms with Gasteiger partial charge in [0.1, 0.15) is 0 Å². The lowest BCUT2D eigenvalue weighted by atomic mass is 10.2. The number of carboxylic acids is 1. The highest BCUT2D eigenvalue weighted by molar-refractivity contribution is 6.03. The van der Waals surface area contributed by atoms with Crippen molar-refractivity contribution in [2.75, 3.05) is 5.32 Å². The monoisotopic (exact) mass is 245 g/mol. The Morgan fingerprint density at radius 1 is 1.28 bits per heavy atom. The minimum atomic E-state index is -1.04. The third-order valence-corrected chi connectivity index (χ3v) is 2.44. The largest absolute Gasteiger partial charge is 0.478 e. The topological polar surface area (TPSA) is 79.5 Å². The highest BCUT2D eigenvalue weighted by Gasteiger charge is 2.13. The Morgan fingerprint density at radius 3 is 2.67 bits per heavy atom. The van der Waals surface area contributed by atoms with Crippen LogP contribution in [0.1, 0.15) is 26.5 Å². The third-order valence-electron chi connectivity index (χ3n) is 2.44. The number of aromatic carboxylic acids is 1. The molecular formula is C13H11NO4. The van der Waals surface area contributed by atoms with Gasteiger partial charge < -0.3 is 14.8 Å². The van der Waals surface area contributed by atoms with Gasteiger partial charge in [-0.15, -0.1) is 0 Å². The summed E-state index contributed by atoms with van der Waals surface area (Å²) >= 11 is 0. The van der Waals surface area contributed by atoms with Crippen molar-refractivity contribution in [1.29, 1.82) is 0 Å². The number of hydrogen-bond donors (Lipinski definition) is 2. The first-order valence-electron chi connectivity index (χ1n) is 5.27. The molecule has 5 nitrogen and oxygen atoms in total. The number of rotatable bonds is 3. The second-order valence-electron chi connectivity index (χ2n) is 3.77. The van der Waals surface area contributed by atoms with Gasteiger partial charge in [-0.2, -0.15) is 0 Å². The number of nitrogens with one attached hydrogen (secondary N) is 1. The Morgan fingerprint density at radius 2 is 2.06 bits per heavy atom. The van der Waals surface area contributed by atoms with Crippen LogP contribution >= 0.6 is 0 Å². The second-order valence-corrected chi connectivity index (χ2v) is 3.77. The van der Waals surface area contributed by atoms with E-state index in [4.69, 9.17) is 9.52 Å². The first-order valence-corrected chi connectivity index (χ1v) is 5.27. The molecule has 92 valence electrons. The predicted molar refractivity (Wildman–Crippen MR) is 64.8 cm³/mol. The molecule has 0 spiro atoms. The van der Waals surface area contributed by atoms with Crippen LogP contribution in [0.3, 0.4) is 0 Å². The van der Waals surface area contributed by atoms with Gasteiger partial charge in [0.15, 0.2) is 5.76 Å². The van der Waals surface area contributed by atoms with Crippen molar-refractivity contribution in [2.24, 2.45) is 0 Å². The van der Waals surface area contributed by atoms with E-state index in [1.165, 1.54) is 18.4 Å². The Labute approximate surface area is 103 Å². The summed E-state index contributed by atoms with van der Waals surface area (Å²) in [5.41, 5.74) is 1.25. The summed E-state index contributed by atoms with van der Waals surface area (Å²) < 4.78 is 5.05. The molecule has 0 aliphatic rings. The summed E-state index contributed by atoms with van der Waals surface area (Å²) in [5, 5.41) is 11.4. The van der Waals surface area contributed by atoms with Crippen LogP contribution in [0.4, 0.5) is 5.69 Å². The molecule has 1 heterocycles. The van der Waals surface area contributed by atoms with Gasteiger partial charge in [0.05, 0.1) is 11.8 Å². The van der Waals surface area contributed by atoms with Crippen molar-refractivity contribution in [1.82, 2.24) is 0 Å². The fourth-order valence-corrected chi connectivity index (χ4v) is 1.52. The van der Waals surface area contributed by atoms with Gasteiger partial charge in [-0.05, 0) is 31.2 Å². The van der Waals surface area contributed by atoms with Crippen molar-refractivity contribution in [3.8, 4) is 0 Å². The van der Waals surface area contributed by atoms with Gasteiger partial charge in [0.25, 0.3) is 5.91 Å². The molecule has 0 aliphatic carbocycles. The SMILES string of the molecule is Cc1ccoc1C(=O)Nc1cccc(C(=O)O)c1. The van der Waals surface area contributed by atoms with Gasteiger partial charge in [0.2, 0.25) is 0 Å². The molecule has 0 aliphatic heterocycles. The minimum absolute atomic E-state index is 0.115. The lowest BCUT2D eigenvalue weighted by Crippen LogP contribution is -2.12. The minimum Gasteiger partial charge on any atom is -0.478 e. The smallest absolute Gasteiger partial charge is 0.335 e. The molecule has 2 aromatic rings. The van der Waals surface area contributed by atoms with Crippen LogP contribution in [0.5, 0.6) is 0 Å². The summed E-state index contributed by atoms with van der Waals surface area (Å²) in [6.07, 6.45) is 1.43. The fraction of sp³-hybridized carbons (Fsp3) is 0.0769. The first-order chi connectivity index (χ1) is 8.58. The molecule has 0 fully saturated rings. The standard InChI is InChI=1S/C13H11NO4/c1-8-5-6-18-11(8)12(15)14-10-4-2-3-9(7-10)13(16)17/h2-7H,1H3,(H,14,15)(H,16,17). The molecule has 1 aromatic heterocycles. The average molecular weight is 245 g/mol. The number of carbonyl (C=O) groups excluding carboxylic acids is 1. The number of benzene rings is 1. The summed E-state index contributed by atoms with van der Waals surface area (Å²) in [4.78, 5) is 22.6. The number of furan rings is 1. The summed E-state index contributed by atoms with van der Waals surface area (Å²) in [5.74, 6) is -1.23. The van der Waals surface area contributed by atoms with E-state index < -0.39 is 11.9 Å². The van der Waals surface area contributed by atoms with E-state index >= 15 is 0 Å². The zero-order valence-corrected chi connectivity index (χ0v) is 9.64. The summed E-state index contributed by atoms with van der Waals surface area (Å²) in [7, 11) is 0. The zero-order chi connectivity index (χ0) is 13.1. The third kappa shape index (κ3) is 2.40. The number of anilines is 1. The Bertz CT molecular complexity index is 601. The normalized spacial score (nSPS) is 10.1. The van der Waals surface area contributed by atoms with E-state index in [9.17, 15) is 9.59 Å². The van der Waals surface area contributed by atoms with Crippen molar-refractivity contribution >= 4 is 17.6 Å². The van der Waals surface area contributed by atoms with Crippen LogP contribution in [0.25, 0.3) is 0 Å². The fourth-order valence-electron chi connectivity index (χ4n) is 1.52. The van der Waals surface area contributed by atoms with E-state index in [0.717, 1.165) is 5.56 Å². The molecule has 1 aromatic carbocycles. The molecule has 0 atom stereocenters. The molecule has 0 saturated heterocycles. The lowest BCUT2D eigenvalue weighted by Gasteiger charge is -2.04. The highest BCUT2D eigenvalue weighted by atomic mass is 16.4. The summed E-state index contributed by atoms with van der Waals surface area (Å²) in [6.45, 7) is 1.76. The second kappa shape index (κ2) is 4.75. The molecule has 5 heteroatoms. The zero-order valence-electron chi connectivity index (χ0n) is 9.64. The maximum Gasteiger partial charge on any atom is 0.335 e. The molecule has 0 saturated carbocycles. The van der Waals surface area contributed by atoms with Crippen LogP contribution < -0.4 is 5.32 Å². The van der Waals surface area contributed by atoms with Gasteiger partial charge >= 0.3 is 5.97 Å². The van der Waals surface area contributed by atoms with E-state index in [1.807, 2.05) is 0 Å². The maximum absolute atomic E-state index is 11.8. The van der Waals surface area contributed by atoms with Crippen molar-refractivity contribution in [3.05, 3.63) is 53.5 Å². The van der Waals surface area contributed by atoms with E-state index in [2.05, 4.69) is 5.32 Å². The molecule has 0 bridgehead atoms. The van der Waals surface area contributed by atoms with Gasteiger partial charge in [-0.3, -0.25) is 4.79 Å². The number of carbonyl (C=O) groups is 2. The maximum atomic E-state index is 11.8. The summed E-state index contributed by atoms with van der Waals surface area (Å²) in [6, 6.07) is 7.70. The van der Waals surface area contributed by atoms with E-state index in [0.29, 0.717) is 5.69 Å². The Hall–Kier alpha value is -2.56. The molecule has 2 rings (SSSR count). The molecule has 1 amide bonds. The Balaban J connectivity index is 2.20. The quantitative estimate of drug-likeness (QED) is 0.870. The van der Waals surface area contributed by atoms with Gasteiger partial charge in [0, 0.05) is 11.3 Å². The van der Waals surface area contributed by atoms with Crippen LogP contribution in [-0.4, -0.2) is 17.0 Å². The van der Waals surface area contributed by atoms with Gasteiger partial charge in [-0.25, -0.2) is 4.79 Å². The molecular weight excluding hydrogens is 234 g/mol. The first kappa shape index (κ1) is 11.9. The Kier molecular flexibility index (Phi) is 3.14. The number of aryl methyl sites for hydroxylation is 1. The molecule has 0 radical (unpaired) electrons. The lowest BCUT2D eigenvalue weighted by molar-refractivity contribution is 0.0696. The van der Waals surface area contributed by atoms with E-state index in [-0.39, 0.29) is 11.3 Å².